The minimum atomic E-state index is -0.286. The maximum atomic E-state index is 11.6. The second-order valence-electron chi connectivity index (χ2n) is 5.13. The zero-order valence-corrected chi connectivity index (χ0v) is 10.8. The molecular weight excluding hydrogens is 216 g/mol. The lowest BCUT2D eigenvalue weighted by molar-refractivity contribution is -0.870. The number of ether oxygens (including phenoxy) is 1. The van der Waals surface area contributed by atoms with Gasteiger partial charge in [-0.1, -0.05) is 0 Å². The minimum Gasteiger partial charge on any atom is -0.462 e. The summed E-state index contributed by atoms with van der Waals surface area (Å²) in [6.07, 6.45) is 0.865. The standard InChI is InChI=1S/C13H20N2O2/c1-15(2,3)9-4-10-17-13(16)11-5-7-12(14)8-6-11/h5-8H,4,9-10H2,1-3H3,(H-,14,16)/p+1. The summed E-state index contributed by atoms with van der Waals surface area (Å²) in [5.74, 6) is -0.286. The molecule has 1 rings (SSSR count). The molecule has 17 heavy (non-hydrogen) atoms. The number of nitrogens with two attached hydrogens (primary N) is 1. The summed E-state index contributed by atoms with van der Waals surface area (Å²) < 4.78 is 6.05. The number of carbonyl (C=O) groups excluding carboxylic acids is 1. The Morgan fingerprint density at radius 3 is 2.35 bits per heavy atom. The highest BCUT2D eigenvalue weighted by Crippen LogP contribution is 2.07. The van der Waals surface area contributed by atoms with E-state index in [2.05, 4.69) is 21.1 Å². The van der Waals surface area contributed by atoms with Crippen LogP contribution in [0.4, 0.5) is 5.69 Å². The minimum absolute atomic E-state index is 0.286. The molecule has 0 atom stereocenters. The van der Waals surface area contributed by atoms with Crippen LogP contribution >= 0.6 is 0 Å². The zero-order valence-electron chi connectivity index (χ0n) is 10.8. The SMILES string of the molecule is C[N+](C)(C)CCCOC(=O)c1ccc(N)cc1. The van der Waals surface area contributed by atoms with E-state index >= 15 is 0 Å². The van der Waals surface area contributed by atoms with E-state index in [1.807, 2.05) is 0 Å². The zero-order chi connectivity index (χ0) is 12.9. The molecule has 0 spiro atoms. The average Bonchev–Trinajstić information content (AvgIpc) is 2.24. The lowest BCUT2D eigenvalue weighted by Crippen LogP contribution is -2.35. The van der Waals surface area contributed by atoms with Gasteiger partial charge in [-0.15, -0.1) is 0 Å². The molecule has 0 aliphatic heterocycles. The van der Waals surface area contributed by atoms with Crippen LogP contribution in [0.1, 0.15) is 16.8 Å². The molecule has 0 aliphatic rings. The Labute approximate surface area is 103 Å². The Bertz CT molecular complexity index is 366. The number of nitrogen functional groups attached to an aromatic ring is 1. The summed E-state index contributed by atoms with van der Waals surface area (Å²) in [6, 6.07) is 6.75. The molecule has 0 saturated heterocycles. The van der Waals surface area contributed by atoms with Gasteiger partial charge in [0, 0.05) is 12.1 Å². The quantitative estimate of drug-likeness (QED) is 0.365. The maximum absolute atomic E-state index is 11.6. The molecule has 0 bridgehead atoms. The number of esters is 1. The molecule has 4 nitrogen and oxygen atoms in total. The summed E-state index contributed by atoms with van der Waals surface area (Å²) in [5.41, 5.74) is 6.73. The first-order chi connectivity index (χ1) is 7.88. The van der Waals surface area contributed by atoms with Gasteiger partial charge in [0.25, 0.3) is 0 Å². The van der Waals surface area contributed by atoms with Crippen molar-refractivity contribution < 1.29 is 14.0 Å². The first-order valence-electron chi connectivity index (χ1n) is 5.71. The molecule has 0 heterocycles. The van der Waals surface area contributed by atoms with Crippen LogP contribution in [-0.2, 0) is 4.74 Å². The Balaban J connectivity index is 2.33. The lowest BCUT2D eigenvalue weighted by atomic mass is 10.2. The number of hydrogen-bond donors (Lipinski definition) is 1. The topological polar surface area (TPSA) is 52.3 Å². The maximum Gasteiger partial charge on any atom is 0.338 e. The fourth-order valence-corrected chi connectivity index (χ4v) is 1.41. The van der Waals surface area contributed by atoms with Crippen LogP contribution in [0.15, 0.2) is 24.3 Å². The number of hydrogen-bond acceptors (Lipinski definition) is 3. The van der Waals surface area contributed by atoms with Gasteiger partial charge in [-0.3, -0.25) is 0 Å². The van der Waals surface area contributed by atoms with Crippen LogP contribution in [0.5, 0.6) is 0 Å². The van der Waals surface area contributed by atoms with Gasteiger partial charge in [-0.2, -0.15) is 0 Å². The van der Waals surface area contributed by atoms with Gasteiger partial charge in [-0.25, -0.2) is 4.79 Å². The Morgan fingerprint density at radius 1 is 1.24 bits per heavy atom. The first kappa shape index (κ1) is 13.5. The highest BCUT2D eigenvalue weighted by molar-refractivity contribution is 5.89. The second-order valence-corrected chi connectivity index (χ2v) is 5.13. The molecule has 94 valence electrons. The van der Waals surface area contributed by atoms with Gasteiger partial charge in [0.2, 0.25) is 0 Å². The van der Waals surface area contributed by atoms with E-state index in [1.165, 1.54) is 0 Å². The number of rotatable bonds is 5. The van der Waals surface area contributed by atoms with Crippen LogP contribution in [0.2, 0.25) is 0 Å². The third-order valence-electron chi connectivity index (χ3n) is 2.35. The van der Waals surface area contributed by atoms with Crippen LogP contribution in [0.3, 0.4) is 0 Å². The van der Waals surface area contributed by atoms with Crippen molar-refractivity contribution in [3.63, 3.8) is 0 Å². The fourth-order valence-electron chi connectivity index (χ4n) is 1.41. The molecule has 1 aromatic carbocycles. The predicted molar refractivity (Wildman–Crippen MR) is 68.7 cm³/mol. The average molecular weight is 237 g/mol. The Morgan fingerprint density at radius 2 is 1.82 bits per heavy atom. The van der Waals surface area contributed by atoms with Crippen molar-refractivity contribution in [1.82, 2.24) is 0 Å². The number of quaternary nitrogens is 1. The number of nitrogens with zero attached hydrogens (tertiary/aromatic N) is 1. The van der Waals surface area contributed by atoms with E-state index in [0.29, 0.717) is 17.9 Å². The first-order valence-corrected chi connectivity index (χ1v) is 5.71. The van der Waals surface area contributed by atoms with Crippen molar-refractivity contribution in [3.05, 3.63) is 29.8 Å². The van der Waals surface area contributed by atoms with Crippen LogP contribution in [-0.4, -0.2) is 44.7 Å². The van der Waals surface area contributed by atoms with Crippen molar-refractivity contribution >= 4 is 11.7 Å². The highest BCUT2D eigenvalue weighted by atomic mass is 16.5. The van der Waals surface area contributed by atoms with E-state index in [4.69, 9.17) is 10.5 Å². The molecule has 4 heteroatoms. The molecule has 0 fully saturated rings. The van der Waals surface area contributed by atoms with Gasteiger partial charge >= 0.3 is 5.97 Å². The summed E-state index contributed by atoms with van der Waals surface area (Å²) in [5, 5.41) is 0. The van der Waals surface area contributed by atoms with Gasteiger partial charge in [-0.05, 0) is 24.3 Å². The second kappa shape index (κ2) is 5.68. The molecule has 0 radical (unpaired) electrons. The van der Waals surface area contributed by atoms with Crippen LogP contribution in [0, 0.1) is 0 Å². The van der Waals surface area contributed by atoms with E-state index in [0.717, 1.165) is 17.4 Å². The van der Waals surface area contributed by atoms with E-state index in [1.54, 1.807) is 24.3 Å². The van der Waals surface area contributed by atoms with Crippen molar-refractivity contribution in [1.29, 1.82) is 0 Å². The lowest BCUT2D eigenvalue weighted by Gasteiger charge is -2.23. The molecule has 0 saturated carbocycles. The normalized spacial score (nSPS) is 11.2. The highest BCUT2D eigenvalue weighted by Gasteiger charge is 2.09. The van der Waals surface area contributed by atoms with Gasteiger partial charge in [0.1, 0.15) is 0 Å². The molecular formula is C13H21N2O2+. The predicted octanol–water partition coefficient (Wildman–Crippen LogP) is 1.52. The number of anilines is 1. The Hall–Kier alpha value is -1.55. The van der Waals surface area contributed by atoms with E-state index in [-0.39, 0.29) is 5.97 Å². The molecule has 1 aromatic rings. The molecule has 2 N–H and O–H groups in total. The van der Waals surface area contributed by atoms with Gasteiger partial charge in [0.05, 0.1) is 39.9 Å². The van der Waals surface area contributed by atoms with Crippen molar-refractivity contribution in [3.8, 4) is 0 Å². The fraction of sp³-hybridized carbons (Fsp3) is 0.462. The third kappa shape index (κ3) is 5.36. The van der Waals surface area contributed by atoms with Crippen LogP contribution in [0.25, 0.3) is 0 Å². The largest absolute Gasteiger partial charge is 0.462 e. The van der Waals surface area contributed by atoms with Gasteiger partial charge < -0.3 is 15.0 Å². The van der Waals surface area contributed by atoms with Crippen molar-refractivity contribution in [2.75, 3.05) is 40.0 Å². The molecule has 0 amide bonds. The Kier molecular flexibility index (Phi) is 4.52. The summed E-state index contributed by atoms with van der Waals surface area (Å²) in [7, 11) is 6.34. The molecule has 0 aliphatic carbocycles. The third-order valence-corrected chi connectivity index (χ3v) is 2.35. The summed E-state index contributed by atoms with van der Waals surface area (Å²) in [6.45, 7) is 1.44. The van der Waals surface area contributed by atoms with Crippen molar-refractivity contribution in [2.24, 2.45) is 0 Å². The van der Waals surface area contributed by atoms with Crippen LogP contribution < -0.4 is 5.73 Å². The molecule has 0 aromatic heterocycles. The van der Waals surface area contributed by atoms with Crippen molar-refractivity contribution in [2.45, 2.75) is 6.42 Å². The summed E-state index contributed by atoms with van der Waals surface area (Å²) >= 11 is 0. The van der Waals surface area contributed by atoms with E-state index < -0.39 is 0 Å². The van der Waals surface area contributed by atoms with E-state index in [9.17, 15) is 4.79 Å². The monoisotopic (exact) mass is 237 g/mol. The smallest absolute Gasteiger partial charge is 0.338 e. The van der Waals surface area contributed by atoms with Gasteiger partial charge in [0.15, 0.2) is 0 Å². The number of carbonyl (C=O) groups is 1. The summed E-state index contributed by atoms with van der Waals surface area (Å²) in [4.78, 5) is 11.6. The number of benzene rings is 1. The molecule has 0 unspecified atom stereocenters.